The van der Waals surface area contributed by atoms with E-state index in [1.54, 1.807) is 25.6 Å². The van der Waals surface area contributed by atoms with Gasteiger partial charge < -0.3 is 15.2 Å². The zero-order chi connectivity index (χ0) is 15.2. The van der Waals surface area contributed by atoms with Crippen molar-refractivity contribution in [1.29, 1.82) is 0 Å². The SMILES string of the molecule is CCCc1csc(CCN)c1-c1cc(OC)ccc1OC. The smallest absolute Gasteiger partial charge is 0.127 e. The molecule has 0 atom stereocenters. The van der Waals surface area contributed by atoms with Gasteiger partial charge in [-0.1, -0.05) is 13.3 Å². The molecule has 1 heterocycles. The number of rotatable bonds is 7. The normalized spacial score (nSPS) is 10.7. The molecule has 21 heavy (non-hydrogen) atoms. The molecule has 4 heteroatoms. The first kappa shape index (κ1) is 15.9. The summed E-state index contributed by atoms with van der Waals surface area (Å²) in [7, 11) is 3.40. The molecule has 2 rings (SSSR count). The first-order chi connectivity index (χ1) is 10.2. The van der Waals surface area contributed by atoms with Crippen molar-refractivity contribution in [1.82, 2.24) is 0 Å². The van der Waals surface area contributed by atoms with E-state index >= 15 is 0 Å². The predicted octanol–water partition coefficient (Wildman–Crippen LogP) is 3.89. The van der Waals surface area contributed by atoms with Crippen molar-refractivity contribution >= 4 is 11.3 Å². The highest BCUT2D eigenvalue weighted by Gasteiger charge is 2.17. The van der Waals surface area contributed by atoms with Crippen LogP contribution in [0.4, 0.5) is 0 Å². The zero-order valence-electron chi connectivity index (χ0n) is 12.9. The second-order valence-corrected chi connectivity index (χ2v) is 5.88. The number of nitrogens with two attached hydrogens (primary N) is 1. The monoisotopic (exact) mass is 305 g/mol. The average molecular weight is 305 g/mol. The van der Waals surface area contributed by atoms with Gasteiger partial charge in [0.2, 0.25) is 0 Å². The maximum atomic E-state index is 5.77. The van der Waals surface area contributed by atoms with E-state index in [0.29, 0.717) is 6.54 Å². The summed E-state index contributed by atoms with van der Waals surface area (Å²) >= 11 is 1.79. The van der Waals surface area contributed by atoms with Crippen LogP contribution in [0.1, 0.15) is 23.8 Å². The largest absolute Gasteiger partial charge is 0.497 e. The Labute approximate surface area is 130 Å². The van der Waals surface area contributed by atoms with Crippen molar-refractivity contribution < 1.29 is 9.47 Å². The van der Waals surface area contributed by atoms with E-state index in [1.807, 2.05) is 12.1 Å². The van der Waals surface area contributed by atoms with Crippen LogP contribution >= 0.6 is 11.3 Å². The van der Waals surface area contributed by atoms with Crippen LogP contribution in [0, 0.1) is 0 Å². The molecule has 0 bridgehead atoms. The van der Waals surface area contributed by atoms with Gasteiger partial charge in [0, 0.05) is 16.0 Å². The minimum Gasteiger partial charge on any atom is -0.497 e. The fraction of sp³-hybridized carbons (Fsp3) is 0.412. The highest BCUT2D eigenvalue weighted by molar-refractivity contribution is 7.10. The minimum atomic E-state index is 0.658. The average Bonchev–Trinajstić information content (AvgIpc) is 2.90. The molecule has 0 aliphatic carbocycles. The Balaban J connectivity index is 2.60. The third-order valence-corrected chi connectivity index (χ3v) is 4.61. The summed E-state index contributed by atoms with van der Waals surface area (Å²) in [6, 6.07) is 5.95. The lowest BCUT2D eigenvalue weighted by molar-refractivity contribution is 0.404. The van der Waals surface area contributed by atoms with Gasteiger partial charge in [-0.15, -0.1) is 11.3 Å². The summed E-state index contributed by atoms with van der Waals surface area (Å²) in [5, 5.41) is 2.25. The predicted molar refractivity (Wildman–Crippen MR) is 89.6 cm³/mol. The number of ether oxygens (including phenoxy) is 2. The molecule has 0 saturated heterocycles. The van der Waals surface area contributed by atoms with Crippen molar-refractivity contribution in [2.75, 3.05) is 20.8 Å². The van der Waals surface area contributed by atoms with Crippen molar-refractivity contribution in [3.63, 3.8) is 0 Å². The van der Waals surface area contributed by atoms with Gasteiger partial charge in [-0.2, -0.15) is 0 Å². The Morgan fingerprint density at radius 2 is 1.95 bits per heavy atom. The number of aryl methyl sites for hydroxylation is 1. The Morgan fingerprint density at radius 1 is 1.14 bits per heavy atom. The van der Waals surface area contributed by atoms with E-state index in [2.05, 4.69) is 18.4 Å². The Hall–Kier alpha value is -1.52. The highest BCUT2D eigenvalue weighted by Crippen LogP contribution is 2.40. The van der Waals surface area contributed by atoms with Crippen LogP contribution in [0.5, 0.6) is 11.5 Å². The van der Waals surface area contributed by atoms with Crippen molar-refractivity contribution in [2.45, 2.75) is 26.2 Å². The van der Waals surface area contributed by atoms with Crippen molar-refractivity contribution in [3.05, 3.63) is 34.0 Å². The molecule has 2 N–H and O–H groups in total. The standard InChI is InChI=1S/C17H23NO2S/c1-4-5-12-11-21-16(8-9-18)17(12)14-10-13(19-2)6-7-15(14)20-3/h6-7,10-11H,4-5,8-9,18H2,1-3H3. The van der Waals surface area contributed by atoms with Gasteiger partial charge in [-0.3, -0.25) is 0 Å². The third-order valence-electron chi connectivity index (χ3n) is 3.51. The van der Waals surface area contributed by atoms with Crippen LogP contribution in [0.15, 0.2) is 23.6 Å². The van der Waals surface area contributed by atoms with E-state index in [9.17, 15) is 0 Å². The molecule has 0 radical (unpaired) electrons. The fourth-order valence-corrected chi connectivity index (χ4v) is 3.65. The van der Waals surface area contributed by atoms with Gasteiger partial charge in [0.05, 0.1) is 14.2 Å². The van der Waals surface area contributed by atoms with Gasteiger partial charge in [0.25, 0.3) is 0 Å². The molecule has 1 aromatic carbocycles. The number of benzene rings is 1. The zero-order valence-corrected chi connectivity index (χ0v) is 13.8. The van der Waals surface area contributed by atoms with Crippen LogP contribution in [-0.4, -0.2) is 20.8 Å². The van der Waals surface area contributed by atoms with Gasteiger partial charge in [-0.05, 0) is 48.5 Å². The maximum Gasteiger partial charge on any atom is 0.127 e. The number of thiophene rings is 1. The van der Waals surface area contributed by atoms with Crippen LogP contribution in [0.3, 0.4) is 0 Å². The molecule has 114 valence electrons. The second-order valence-electron chi connectivity index (χ2n) is 4.91. The van der Waals surface area contributed by atoms with E-state index in [4.69, 9.17) is 15.2 Å². The maximum absolute atomic E-state index is 5.77. The van der Waals surface area contributed by atoms with Crippen LogP contribution in [-0.2, 0) is 12.8 Å². The topological polar surface area (TPSA) is 44.5 Å². The molecular weight excluding hydrogens is 282 g/mol. The van der Waals surface area contributed by atoms with Crippen LogP contribution in [0.2, 0.25) is 0 Å². The first-order valence-electron chi connectivity index (χ1n) is 7.26. The lowest BCUT2D eigenvalue weighted by atomic mass is 9.97. The van der Waals surface area contributed by atoms with Crippen LogP contribution < -0.4 is 15.2 Å². The summed E-state index contributed by atoms with van der Waals surface area (Å²) < 4.78 is 10.9. The summed E-state index contributed by atoms with van der Waals surface area (Å²) in [6.07, 6.45) is 3.08. The van der Waals surface area contributed by atoms with Gasteiger partial charge in [-0.25, -0.2) is 0 Å². The summed E-state index contributed by atoms with van der Waals surface area (Å²) in [5.74, 6) is 1.72. The molecule has 0 unspecified atom stereocenters. The molecule has 0 aliphatic rings. The van der Waals surface area contributed by atoms with E-state index in [1.165, 1.54) is 16.0 Å². The highest BCUT2D eigenvalue weighted by atomic mass is 32.1. The van der Waals surface area contributed by atoms with Crippen molar-refractivity contribution in [2.24, 2.45) is 5.73 Å². The summed E-state index contributed by atoms with van der Waals surface area (Å²) in [6.45, 7) is 2.86. The van der Waals surface area contributed by atoms with Crippen LogP contribution in [0.25, 0.3) is 11.1 Å². The molecule has 3 nitrogen and oxygen atoms in total. The van der Waals surface area contributed by atoms with Gasteiger partial charge in [0.1, 0.15) is 11.5 Å². The molecule has 0 amide bonds. The van der Waals surface area contributed by atoms with E-state index < -0.39 is 0 Å². The molecule has 0 fully saturated rings. The summed E-state index contributed by atoms with van der Waals surface area (Å²) in [4.78, 5) is 1.33. The quantitative estimate of drug-likeness (QED) is 0.844. The van der Waals surface area contributed by atoms with Gasteiger partial charge in [0.15, 0.2) is 0 Å². The Kier molecular flexibility index (Phi) is 5.65. The van der Waals surface area contributed by atoms with Crippen molar-refractivity contribution in [3.8, 4) is 22.6 Å². The lowest BCUT2D eigenvalue weighted by Gasteiger charge is -2.13. The third kappa shape index (κ3) is 3.39. The lowest BCUT2D eigenvalue weighted by Crippen LogP contribution is -2.03. The van der Waals surface area contributed by atoms with E-state index in [0.717, 1.165) is 36.3 Å². The molecule has 2 aromatic rings. The first-order valence-corrected chi connectivity index (χ1v) is 8.14. The fourth-order valence-electron chi connectivity index (χ4n) is 2.54. The molecular formula is C17H23NO2S. The number of hydrogen-bond acceptors (Lipinski definition) is 4. The Morgan fingerprint density at radius 3 is 2.57 bits per heavy atom. The number of hydrogen-bond donors (Lipinski definition) is 1. The van der Waals surface area contributed by atoms with Gasteiger partial charge >= 0.3 is 0 Å². The number of methoxy groups -OCH3 is 2. The Bertz CT molecular complexity index is 569. The molecule has 0 aliphatic heterocycles. The molecule has 1 aromatic heterocycles. The molecule has 0 saturated carbocycles. The molecule has 0 spiro atoms. The van der Waals surface area contributed by atoms with E-state index in [-0.39, 0.29) is 0 Å². The minimum absolute atomic E-state index is 0.658. The second kappa shape index (κ2) is 7.48. The summed E-state index contributed by atoms with van der Waals surface area (Å²) in [5.41, 5.74) is 9.52.